The maximum atomic E-state index is 11.2. The molecule has 18 heavy (non-hydrogen) atoms. The third kappa shape index (κ3) is 13.9. The van der Waals surface area contributed by atoms with E-state index in [-0.39, 0.29) is 0 Å². The Bertz CT molecular complexity index is 180. The van der Waals surface area contributed by atoms with Gasteiger partial charge in [0.25, 0.3) is 0 Å². The van der Waals surface area contributed by atoms with Gasteiger partial charge in [-0.15, -0.1) is 9.05 Å². The van der Waals surface area contributed by atoms with E-state index in [1.54, 1.807) is 0 Å². The highest BCUT2D eigenvalue weighted by molar-refractivity contribution is 7.33. The number of nitrogens with one attached hydrogen (secondary N) is 2. The molecule has 0 heterocycles. The Morgan fingerprint density at radius 1 is 0.833 bits per heavy atom. The molecule has 0 aliphatic heterocycles. The fraction of sp³-hybridized carbons (Fsp3) is 1.00. The minimum atomic E-state index is -2.01. The van der Waals surface area contributed by atoms with Crippen LogP contribution in [0.15, 0.2) is 0 Å². The van der Waals surface area contributed by atoms with Gasteiger partial charge in [0.2, 0.25) is 0 Å². The fourth-order valence-electron chi connectivity index (χ4n) is 1.13. The molecule has 0 radical (unpaired) electrons. The van der Waals surface area contributed by atoms with Gasteiger partial charge in [-0.1, -0.05) is 0 Å². The highest BCUT2D eigenvalue weighted by Gasteiger charge is 2.18. The highest BCUT2D eigenvalue weighted by atomic mass is 31.1. The summed E-state index contributed by atoms with van der Waals surface area (Å²) >= 11 is 0. The lowest BCUT2D eigenvalue weighted by Crippen LogP contribution is -2.22. The van der Waals surface area contributed by atoms with Crippen molar-refractivity contribution in [3.63, 3.8) is 0 Å². The van der Waals surface area contributed by atoms with Gasteiger partial charge >= 0.3 is 8.25 Å². The first kappa shape index (κ1) is 17.9. The average molecular weight is 281 g/mol. The van der Waals surface area contributed by atoms with Crippen LogP contribution in [-0.4, -0.2) is 52.5 Å². The lowest BCUT2D eigenvalue weighted by atomic mass is 10.4. The molecule has 0 bridgehead atoms. The van der Waals surface area contributed by atoms with E-state index in [0.717, 1.165) is 25.9 Å². The van der Waals surface area contributed by atoms with E-state index in [4.69, 9.17) is 20.5 Å². The van der Waals surface area contributed by atoms with Crippen molar-refractivity contribution in [2.45, 2.75) is 12.8 Å². The van der Waals surface area contributed by atoms with Crippen molar-refractivity contribution >= 4 is 8.25 Å². The molecule has 0 rings (SSSR count). The minimum Gasteiger partial charge on any atom is -0.330 e. The van der Waals surface area contributed by atoms with Crippen molar-refractivity contribution in [3.05, 3.63) is 0 Å². The van der Waals surface area contributed by atoms with Crippen molar-refractivity contribution in [1.29, 1.82) is 0 Å². The van der Waals surface area contributed by atoms with Crippen LogP contribution in [0.3, 0.4) is 0 Å². The summed E-state index contributed by atoms with van der Waals surface area (Å²) in [5.74, 6) is 0. The van der Waals surface area contributed by atoms with E-state index < -0.39 is 8.25 Å². The second kappa shape index (κ2) is 14.9. The Morgan fingerprint density at radius 2 is 1.28 bits per heavy atom. The standard InChI is InChI=1S/C10H26N4O3P/c11-3-1-5-13-7-9-16-18(15)17-10-8-14-6-2-4-12/h13-14H,1-12H2/q+1. The molecule has 0 atom stereocenters. The van der Waals surface area contributed by atoms with Gasteiger partial charge in [0.1, 0.15) is 13.2 Å². The fourth-order valence-corrected chi connectivity index (χ4v) is 1.68. The molecule has 6 N–H and O–H groups in total. The van der Waals surface area contributed by atoms with E-state index in [9.17, 15) is 4.57 Å². The summed E-state index contributed by atoms with van der Waals surface area (Å²) < 4.78 is 21.2. The Kier molecular flexibility index (Phi) is 14.8. The van der Waals surface area contributed by atoms with Gasteiger partial charge in [-0.3, -0.25) is 0 Å². The first-order valence-corrected chi connectivity index (χ1v) is 7.45. The number of hydrogen-bond acceptors (Lipinski definition) is 7. The van der Waals surface area contributed by atoms with Crippen molar-refractivity contribution in [2.24, 2.45) is 11.5 Å². The summed E-state index contributed by atoms with van der Waals surface area (Å²) in [5, 5.41) is 6.24. The molecule has 0 spiro atoms. The lowest BCUT2D eigenvalue weighted by molar-refractivity contribution is 0.226. The van der Waals surface area contributed by atoms with Crippen LogP contribution in [0.2, 0.25) is 0 Å². The molecule has 0 saturated carbocycles. The van der Waals surface area contributed by atoms with Gasteiger partial charge in [0.05, 0.1) is 0 Å². The minimum absolute atomic E-state index is 0.375. The zero-order valence-electron chi connectivity index (χ0n) is 10.9. The van der Waals surface area contributed by atoms with Gasteiger partial charge in [0, 0.05) is 17.7 Å². The monoisotopic (exact) mass is 281 g/mol. The molecule has 0 aliphatic rings. The first-order valence-electron chi connectivity index (χ1n) is 6.36. The Morgan fingerprint density at radius 3 is 1.67 bits per heavy atom. The number of rotatable bonds is 14. The van der Waals surface area contributed by atoms with Crippen LogP contribution in [0.4, 0.5) is 0 Å². The smallest absolute Gasteiger partial charge is 0.330 e. The van der Waals surface area contributed by atoms with Crippen molar-refractivity contribution in [2.75, 3.05) is 52.5 Å². The summed E-state index contributed by atoms with van der Waals surface area (Å²) in [6.07, 6.45) is 1.86. The first-order chi connectivity index (χ1) is 8.81. The van der Waals surface area contributed by atoms with E-state index in [1.165, 1.54) is 0 Å². The molecule has 0 unspecified atom stereocenters. The van der Waals surface area contributed by atoms with Gasteiger partial charge < -0.3 is 22.1 Å². The highest BCUT2D eigenvalue weighted by Crippen LogP contribution is 2.22. The van der Waals surface area contributed by atoms with Gasteiger partial charge in [0.15, 0.2) is 0 Å². The topological polar surface area (TPSA) is 112 Å². The van der Waals surface area contributed by atoms with Crippen LogP contribution >= 0.6 is 8.25 Å². The van der Waals surface area contributed by atoms with E-state index >= 15 is 0 Å². The Balaban J connectivity index is 3.12. The summed E-state index contributed by atoms with van der Waals surface area (Å²) in [7, 11) is -2.01. The zero-order chi connectivity index (χ0) is 13.5. The van der Waals surface area contributed by atoms with Crippen LogP contribution in [-0.2, 0) is 13.6 Å². The lowest BCUT2D eigenvalue weighted by Gasteiger charge is -2.00. The number of hydrogen-bond donors (Lipinski definition) is 4. The summed E-state index contributed by atoms with van der Waals surface area (Å²) in [6.45, 7) is 5.09. The average Bonchev–Trinajstić information content (AvgIpc) is 2.38. The maximum Gasteiger partial charge on any atom is 0.697 e. The second-order valence-electron chi connectivity index (χ2n) is 3.67. The molecule has 108 valence electrons. The van der Waals surface area contributed by atoms with Crippen molar-refractivity contribution < 1.29 is 13.6 Å². The summed E-state index contributed by atoms with van der Waals surface area (Å²) in [5.41, 5.74) is 10.7. The predicted molar refractivity (Wildman–Crippen MR) is 72.6 cm³/mol. The molecular weight excluding hydrogens is 255 g/mol. The van der Waals surface area contributed by atoms with Crippen LogP contribution < -0.4 is 22.1 Å². The third-order valence-electron chi connectivity index (χ3n) is 2.07. The normalized spacial score (nSPS) is 10.8. The van der Waals surface area contributed by atoms with Gasteiger partial charge in [-0.25, -0.2) is 0 Å². The van der Waals surface area contributed by atoms with E-state index in [1.807, 2.05) is 0 Å². The van der Waals surface area contributed by atoms with Crippen molar-refractivity contribution in [3.8, 4) is 0 Å². The van der Waals surface area contributed by atoms with Crippen LogP contribution in [0, 0.1) is 0 Å². The van der Waals surface area contributed by atoms with Gasteiger partial charge in [-0.05, 0) is 39.0 Å². The van der Waals surface area contributed by atoms with E-state index in [0.29, 0.717) is 39.4 Å². The van der Waals surface area contributed by atoms with Crippen LogP contribution in [0.1, 0.15) is 12.8 Å². The molecule has 0 fully saturated rings. The molecule has 8 heteroatoms. The summed E-state index contributed by atoms with van der Waals surface area (Å²) in [6, 6.07) is 0. The quantitative estimate of drug-likeness (QED) is 0.252. The molecule has 0 aromatic carbocycles. The van der Waals surface area contributed by atoms with Crippen LogP contribution in [0.25, 0.3) is 0 Å². The SMILES string of the molecule is NCCCNCCO[P+](=O)OCCNCCCN. The molecule has 0 aliphatic carbocycles. The molecule has 0 aromatic rings. The second-order valence-corrected chi connectivity index (χ2v) is 4.64. The maximum absolute atomic E-state index is 11.2. The van der Waals surface area contributed by atoms with Gasteiger partial charge in [-0.2, -0.15) is 0 Å². The Hall–Kier alpha value is -0.140. The number of nitrogens with two attached hydrogens (primary N) is 2. The zero-order valence-corrected chi connectivity index (χ0v) is 11.8. The Labute approximate surface area is 110 Å². The van der Waals surface area contributed by atoms with Crippen molar-refractivity contribution in [1.82, 2.24) is 10.6 Å². The molecule has 7 nitrogen and oxygen atoms in total. The largest absolute Gasteiger partial charge is 0.697 e. The van der Waals surface area contributed by atoms with Crippen LogP contribution in [0.5, 0.6) is 0 Å². The predicted octanol–water partition coefficient (Wildman–Crippen LogP) is -0.446. The molecule has 0 aromatic heterocycles. The molecule has 0 saturated heterocycles. The molecular formula is C10H26N4O3P+. The third-order valence-corrected chi connectivity index (χ3v) is 2.85. The van der Waals surface area contributed by atoms with E-state index in [2.05, 4.69) is 10.6 Å². The summed E-state index contributed by atoms with van der Waals surface area (Å²) in [4.78, 5) is 0. The molecule has 0 amide bonds.